The van der Waals surface area contributed by atoms with Gasteiger partial charge in [0.2, 0.25) is 0 Å². The fourth-order valence-corrected chi connectivity index (χ4v) is 3.34. The van der Waals surface area contributed by atoms with Crippen LogP contribution in [-0.2, 0) is 9.53 Å². The normalized spacial score (nSPS) is 22.8. The van der Waals surface area contributed by atoms with Gasteiger partial charge in [0.25, 0.3) is 0 Å². The average molecular weight is 264 g/mol. The van der Waals surface area contributed by atoms with Crippen LogP contribution in [0.5, 0.6) is 0 Å². The number of allylic oxidation sites excluding steroid dienone is 3. The van der Waals surface area contributed by atoms with Gasteiger partial charge in [0.1, 0.15) is 0 Å². The molecular formula is C17H28O2. The van der Waals surface area contributed by atoms with Crippen molar-refractivity contribution in [1.29, 1.82) is 0 Å². The molecule has 0 aliphatic heterocycles. The number of ether oxygens (including phenoxy) is 1. The van der Waals surface area contributed by atoms with Gasteiger partial charge in [-0.25, -0.2) is 0 Å². The van der Waals surface area contributed by atoms with Crippen molar-refractivity contribution >= 4 is 5.97 Å². The second-order valence-electron chi connectivity index (χ2n) is 6.08. The molecule has 1 aliphatic rings. The van der Waals surface area contributed by atoms with Crippen LogP contribution < -0.4 is 0 Å². The van der Waals surface area contributed by atoms with E-state index in [-0.39, 0.29) is 17.3 Å². The number of carbonyl (C=O) groups is 1. The third-order valence-electron chi connectivity index (χ3n) is 4.71. The molecule has 0 spiro atoms. The molecule has 0 radical (unpaired) electrons. The monoisotopic (exact) mass is 264 g/mol. The van der Waals surface area contributed by atoms with Gasteiger partial charge >= 0.3 is 5.97 Å². The summed E-state index contributed by atoms with van der Waals surface area (Å²) in [5.41, 5.74) is 2.90. The van der Waals surface area contributed by atoms with Crippen molar-refractivity contribution in [3.8, 4) is 0 Å². The van der Waals surface area contributed by atoms with E-state index < -0.39 is 0 Å². The largest absolute Gasteiger partial charge is 0.469 e. The van der Waals surface area contributed by atoms with Gasteiger partial charge in [-0.15, -0.1) is 0 Å². The zero-order valence-corrected chi connectivity index (χ0v) is 13.1. The van der Waals surface area contributed by atoms with E-state index in [1.165, 1.54) is 18.3 Å². The van der Waals surface area contributed by atoms with Crippen molar-refractivity contribution in [2.24, 2.45) is 17.3 Å². The van der Waals surface area contributed by atoms with Crippen molar-refractivity contribution in [3.05, 3.63) is 23.8 Å². The number of hydrogen-bond donors (Lipinski definition) is 0. The number of esters is 1. The first kappa shape index (κ1) is 16.0. The van der Waals surface area contributed by atoms with Crippen LogP contribution in [-0.4, -0.2) is 13.1 Å². The summed E-state index contributed by atoms with van der Waals surface area (Å²) < 4.78 is 4.87. The lowest BCUT2D eigenvalue weighted by molar-refractivity contribution is -0.145. The van der Waals surface area contributed by atoms with Crippen LogP contribution in [0, 0.1) is 17.3 Å². The molecular weight excluding hydrogens is 236 g/mol. The Hall–Kier alpha value is -1.05. The van der Waals surface area contributed by atoms with Gasteiger partial charge < -0.3 is 4.74 Å². The maximum absolute atomic E-state index is 11.7. The topological polar surface area (TPSA) is 26.3 Å². The molecule has 19 heavy (non-hydrogen) atoms. The zero-order valence-electron chi connectivity index (χ0n) is 13.1. The molecule has 2 heteroatoms. The van der Waals surface area contributed by atoms with Crippen molar-refractivity contribution < 1.29 is 9.53 Å². The Bertz CT molecular complexity index is 377. The Morgan fingerprint density at radius 1 is 1.53 bits per heavy atom. The molecule has 1 aliphatic carbocycles. The van der Waals surface area contributed by atoms with Crippen LogP contribution in [0.1, 0.15) is 53.4 Å². The summed E-state index contributed by atoms with van der Waals surface area (Å²) in [5.74, 6) is 0.309. The van der Waals surface area contributed by atoms with Gasteiger partial charge in [0.05, 0.1) is 13.0 Å². The molecule has 0 aromatic heterocycles. The van der Waals surface area contributed by atoms with Crippen LogP contribution in [0.15, 0.2) is 23.8 Å². The van der Waals surface area contributed by atoms with Gasteiger partial charge in [0.15, 0.2) is 0 Å². The summed E-state index contributed by atoms with van der Waals surface area (Å²) in [6, 6.07) is 0. The van der Waals surface area contributed by atoms with Gasteiger partial charge in [-0.2, -0.15) is 0 Å². The maximum atomic E-state index is 11.7. The summed E-state index contributed by atoms with van der Waals surface area (Å²) in [5, 5.41) is 0. The highest BCUT2D eigenvalue weighted by molar-refractivity contribution is 5.72. The summed E-state index contributed by atoms with van der Waals surface area (Å²) in [6.07, 6.45) is 6.08. The summed E-state index contributed by atoms with van der Waals surface area (Å²) in [4.78, 5) is 11.7. The highest BCUT2D eigenvalue weighted by Gasteiger charge is 2.38. The van der Waals surface area contributed by atoms with Crippen LogP contribution in [0.4, 0.5) is 0 Å². The first-order valence-corrected chi connectivity index (χ1v) is 7.33. The quantitative estimate of drug-likeness (QED) is 0.521. The molecule has 0 heterocycles. The standard InChI is InChI=1S/C17H28O2/c1-7-13(16(18)19-6)11-12(3)15-10-9-14(8-2)17(15,4)5/h9,13,15H,3,7-8,10-11H2,1-2,4-6H3/t13?,15-/m1/s1. The van der Waals surface area contributed by atoms with E-state index in [4.69, 9.17) is 4.74 Å². The van der Waals surface area contributed by atoms with Crippen molar-refractivity contribution in [2.75, 3.05) is 7.11 Å². The molecule has 0 N–H and O–H groups in total. The molecule has 0 saturated carbocycles. The first-order chi connectivity index (χ1) is 8.88. The summed E-state index contributed by atoms with van der Waals surface area (Å²) in [7, 11) is 1.46. The van der Waals surface area contributed by atoms with E-state index in [1.54, 1.807) is 0 Å². The number of carbonyl (C=O) groups excluding carboxylic acids is 1. The number of hydrogen-bond acceptors (Lipinski definition) is 2. The van der Waals surface area contributed by atoms with Crippen LogP contribution in [0.3, 0.4) is 0 Å². The van der Waals surface area contributed by atoms with Gasteiger partial charge in [0, 0.05) is 0 Å². The van der Waals surface area contributed by atoms with Crippen molar-refractivity contribution in [3.63, 3.8) is 0 Å². The van der Waals surface area contributed by atoms with Gasteiger partial charge in [-0.3, -0.25) is 4.79 Å². The van der Waals surface area contributed by atoms with Gasteiger partial charge in [-0.05, 0) is 37.0 Å². The first-order valence-electron chi connectivity index (χ1n) is 7.33. The second-order valence-corrected chi connectivity index (χ2v) is 6.08. The molecule has 0 aromatic rings. The third kappa shape index (κ3) is 3.29. The Morgan fingerprint density at radius 2 is 2.16 bits per heavy atom. The highest BCUT2D eigenvalue weighted by Crippen LogP contribution is 2.48. The van der Waals surface area contributed by atoms with E-state index in [2.05, 4.69) is 33.4 Å². The van der Waals surface area contributed by atoms with E-state index >= 15 is 0 Å². The fourth-order valence-electron chi connectivity index (χ4n) is 3.34. The van der Waals surface area contributed by atoms with Gasteiger partial charge in [-0.1, -0.05) is 51.5 Å². The van der Waals surface area contributed by atoms with E-state index in [1.807, 2.05) is 6.92 Å². The predicted molar refractivity (Wildman–Crippen MR) is 79.8 cm³/mol. The molecule has 0 fully saturated rings. The smallest absolute Gasteiger partial charge is 0.308 e. The summed E-state index contributed by atoms with van der Waals surface area (Å²) >= 11 is 0. The van der Waals surface area contributed by atoms with Crippen LogP contribution in [0.2, 0.25) is 0 Å². The molecule has 0 saturated heterocycles. The molecule has 1 unspecified atom stereocenters. The van der Waals surface area contributed by atoms with Crippen molar-refractivity contribution in [2.45, 2.75) is 53.4 Å². The Morgan fingerprint density at radius 3 is 2.58 bits per heavy atom. The zero-order chi connectivity index (χ0) is 14.6. The minimum absolute atomic E-state index is 0.0426. The lowest BCUT2D eigenvalue weighted by Crippen LogP contribution is -2.25. The van der Waals surface area contributed by atoms with E-state index in [0.717, 1.165) is 25.7 Å². The Kier molecular flexibility index (Phi) is 5.39. The Balaban J connectivity index is 2.73. The number of methoxy groups -OCH3 is 1. The lowest BCUT2D eigenvalue weighted by atomic mass is 9.71. The molecule has 0 amide bonds. The van der Waals surface area contributed by atoms with E-state index in [9.17, 15) is 4.79 Å². The Labute approximate surface area is 117 Å². The second kappa shape index (κ2) is 6.40. The molecule has 0 aromatic carbocycles. The van der Waals surface area contributed by atoms with Crippen LogP contribution in [0.25, 0.3) is 0 Å². The lowest BCUT2D eigenvalue weighted by Gasteiger charge is -2.33. The minimum Gasteiger partial charge on any atom is -0.469 e. The molecule has 2 atom stereocenters. The summed E-state index contributed by atoms with van der Waals surface area (Å²) in [6.45, 7) is 13.1. The molecule has 0 bridgehead atoms. The average Bonchev–Trinajstić information content (AvgIpc) is 2.69. The molecule has 108 valence electrons. The number of rotatable bonds is 6. The van der Waals surface area contributed by atoms with E-state index in [0.29, 0.717) is 5.92 Å². The van der Waals surface area contributed by atoms with Crippen LogP contribution >= 0.6 is 0 Å². The molecule has 1 rings (SSSR count). The fraction of sp³-hybridized carbons (Fsp3) is 0.706. The maximum Gasteiger partial charge on any atom is 0.308 e. The molecule has 2 nitrogen and oxygen atoms in total. The highest BCUT2D eigenvalue weighted by atomic mass is 16.5. The predicted octanol–water partition coefficient (Wildman–Crippen LogP) is 4.51. The van der Waals surface area contributed by atoms with Crippen molar-refractivity contribution in [1.82, 2.24) is 0 Å². The SMILES string of the molecule is C=C(CC(CC)C(=O)OC)[C@H]1CC=C(CC)C1(C)C. The minimum atomic E-state index is -0.108. The third-order valence-corrected chi connectivity index (χ3v) is 4.71.